The molecule has 6 heteroatoms. The van der Waals surface area contributed by atoms with Crippen LogP contribution in [-0.2, 0) is 6.54 Å². The number of anilines is 1. The second kappa shape index (κ2) is 6.61. The van der Waals surface area contributed by atoms with Gasteiger partial charge in [0.25, 0.3) is 5.91 Å². The highest BCUT2D eigenvalue weighted by molar-refractivity contribution is 5.96. The van der Waals surface area contributed by atoms with E-state index in [1.165, 1.54) is 6.07 Å². The van der Waals surface area contributed by atoms with E-state index in [1.54, 1.807) is 12.1 Å². The van der Waals surface area contributed by atoms with Crippen LogP contribution < -0.4 is 4.90 Å². The van der Waals surface area contributed by atoms with Crippen molar-refractivity contribution >= 4 is 11.6 Å². The van der Waals surface area contributed by atoms with Gasteiger partial charge >= 0.3 is 0 Å². The van der Waals surface area contributed by atoms with E-state index in [2.05, 4.69) is 28.7 Å². The van der Waals surface area contributed by atoms with E-state index in [1.807, 2.05) is 30.8 Å². The first-order valence-corrected chi connectivity index (χ1v) is 10.1. The lowest BCUT2D eigenvalue weighted by Gasteiger charge is -2.35. The number of halogens is 1. The third kappa shape index (κ3) is 2.99. The Morgan fingerprint density at radius 1 is 1.32 bits per heavy atom. The summed E-state index contributed by atoms with van der Waals surface area (Å²) in [6.07, 6.45) is 4.73. The Kier molecular flexibility index (Phi) is 4.47. The molecule has 1 spiro atoms. The number of hydrogen-bond acceptors (Lipinski definition) is 3. The Morgan fingerprint density at radius 2 is 2.11 bits per heavy atom. The zero-order valence-corrected chi connectivity index (χ0v) is 17.2. The van der Waals surface area contributed by atoms with Crippen molar-refractivity contribution in [1.82, 2.24) is 14.7 Å². The van der Waals surface area contributed by atoms with Crippen LogP contribution in [0.4, 0.5) is 10.1 Å². The van der Waals surface area contributed by atoms with Gasteiger partial charge in [-0.1, -0.05) is 6.07 Å². The fourth-order valence-electron chi connectivity index (χ4n) is 5.19. The summed E-state index contributed by atoms with van der Waals surface area (Å²) in [5.74, 6) is -0.150. The first-order valence-electron chi connectivity index (χ1n) is 10.1. The molecule has 1 amide bonds. The van der Waals surface area contributed by atoms with Crippen LogP contribution in [0.5, 0.6) is 0 Å². The van der Waals surface area contributed by atoms with Crippen LogP contribution in [0, 0.1) is 12.7 Å². The maximum absolute atomic E-state index is 13.8. The van der Waals surface area contributed by atoms with Crippen LogP contribution in [0.2, 0.25) is 0 Å². The minimum absolute atomic E-state index is 0.0755. The van der Waals surface area contributed by atoms with E-state index >= 15 is 0 Å². The van der Waals surface area contributed by atoms with Crippen molar-refractivity contribution in [1.29, 1.82) is 0 Å². The standard InChI is InChI=1S/C22H29FN4O/c1-5-25-13-19(16(2)24-25)20(28)26-11-7-10-22(26)14-21(3,4)27(15-22)18-9-6-8-17(23)12-18/h6,8-9,12-13H,5,7,10-11,14-15H2,1-4H3. The molecule has 2 saturated heterocycles. The molecule has 1 atom stereocenters. The smallest absolute Gasteiger partial charge is 0.257 e. The normalized spacial score (nSPS) is 23.8. The van der Waals surface area contributed by atoms with Crippen molar-refractivity contribution in [2.75, 3.05) is 18.0 Å². The minimum Gasteiger partial charge on any atom is -0.364 e. The quantitative estimate of drug-likeness (QED) is 0.803. The second-order valence-corrected chi connectivity index (χ2v) is 8.82. The van der Waals surface area contributed by atoms with Gasteiger partial charge in [-0.2, -0.15) is 5.10 Å². The molecule has 0 bridgehead atoms. The predicted molar refractivity (Wildman–Crippen MR) is 108 cm³/mol. The first kappa shape index (κ1) is 19.0. The molecule has 5 nitrogen and oxygen atoms in total. The zero-order chi connectivity index (χ0) is 20.1. The average Bonchev–Trinajstić information content (AvgIpc) is 3.29. The van der Waals surface area contributed by atoms with Crippen LogP contribution in [0.25, 0.3) is 0 Å². The number of hydrogen-bond donors (Lipinski definition) is 0. The molecular weight excluding hydrogens is 355 g/mol. The third-order valence-corrected chi connectivity index (χ3v) is 6.41. The summed E-state index contributed by atoms with van der Waals surface area (Å²) in [6, 6.07) is 6.78. The molecule has 0 aliphatic carbocycles. The molecule has 28 heavy (non-hydrogen) atoms. The molecule has 2 fully saturated rings. The average molecular weight is 384 g/mol. The van der Waals surface area contributed by atoms with Gasteiger partial charge in [-0.25, -0.2) is 4.39 Å². The lowest BCUT2D eigenvalue weighted by Crippen LogP contribution is -2.49. The molecule has 2 aliphatic heterocycles. The van der Waals surface area contributed by atoms with E-state index in [-0.39, 0.29) is 22.8 Å². The number of rotatable bonds is 3. The summed E-state index contributed by atoms with van der Waals surface area (Å²) in [7, 11) is 0. The summed E-state index contributed by atoms with van der Waals surface area (Å²) >= 11 is 0. The van der Waals surface area contributed by atoms with Crippen molar-refractivity contribution in [3.63, 3.8) is 0 Å². The number of aromatic nitrogens is 2. The van der Waals surface area contributed by atoms with Crippen molar-refractivity contribution in [3.05, 3.63) is 47.5 Å². The van der Waals surface area contributed by atoms with E-state index in [0.29, 0.717) is 5.56 Å². The molecule has 0 N–H and O–H groups in total. The molecule has 1 unspecified atom stereocenters. The van der Waals surface area contributed by atoms with Gasteiger partial charge < -0.3 is 9.80 Å². The number of carbonyl (C=O) groups is 1. The summed E-state index contributed by atoms with van der Waals surface area (Å²) in [6.45, 7) is 10.6. The van der Waals surface area contributed by atoms with Gasteiger partial charge in [0.05, 0.1) is 16.8 Å². The molecule has 2 aliphatic rings. The van der Waals surface area contributed by atoms with Gasteiger partial charge in [0.1, 0.15) is 5.82 Å². The van der Waals surface area contributed by atoms with E-state index in [4.69, 9.17) is 0 Å². The van der Waals surface area contributed by atoms with Crippen LogP contribution in [-0.4, -0.2) is 44.8 Å². The number of carbonyl (C=O) groups excluding carboxylic acids is 1. The monoisotopic (exact) mass is 384 g/mol. The molecule has 4 rings (SSSR count). The maximum Gasteiger partial charge on any atom is 0.257 e. The van der Waals surface area contributed by atoms with E-state index < -0.39 is 0 Å². The first-order chi connectivity index (χ1) is 13.3. The zero-order valence-electron chi connectivity index (χ0n) is 17.2. The molecule has 2 aromatic rings. The van der Waals surface area contributed by atoms with Crippen molar-refractivity contribution in [2.45, 2.75) is 64.6 Å². The second-order valence-electron chi connectivity index (χ2n) is 8.82. The maximum atomic E-state index is 13.8. The number of likely N-dealkylation sites (tertiary alicyclic amines) is 1. The highest BCUT2D eigenvalue weighted by Crippen LogP contribution is 2.47. The summed E-state index contributed by atoms with van der Waals surface area (Å²) < 4.78 is 15.7. The lowest BCUT2D eigenvalue weighted by molar-refractivity contribution is 0.0616. The fraction of sp³-hybridized carbons (Fsp3) is 0.545. The Hall–Kier alpha value is -2.37. The molecule has 0 radical (unpaired) electrons. The number of aryl methyl sites for hydroxylation is 2. The van der Waals surface area contributed by atoms with Crippen LogP contribution in [0.1, 0.15) is 56.1 Å². The summed E-state index contributed by atoms with van der Waals surface area (Å²) in [5, 5.41) is 4.45. The Morgan fingerprint density at radius 3 is 2.79 bits per heavy atom. The third-order valence-electron chi connectivity index (χ3n) is 6.41. The summed E-state index contributed by atoms with van der Waals surface area (Å²) in [4.78, 5) is 17.8. The van der Waals surface area contributed by atoms with E-state index in [9.17, 15) is 9.18 Å². The van der Waals surface area contributed by atoms with Gasteiger partial charge in [0, 0.05) is 37.1 Å². The number of amides is 1. The molecule has 1 aromatic carbocycles. The Labute approximate surface area is 166 Å². The van der Waals surface area contributed by atoms with Gasteiger partial charge in [-0.3, -0.25) is 9.48 Å². The molecule has 0 saturated carbocycles. The van der Waals surface area contributed by atoms with Crippen molar-refractivity contribution < 1.29 is 9.18 Å². The fourth-order valence-corrected chi connectivity index (χ4v) is 5.19. The van der Waals surface area contributed by atoms with Crippen molar-refractivity contribution in [3.8, 4) is 0 Å². The molecule has 150 valence electrons. The van der Waals surface area contributed by atoms with E-state index in [0.717, 1.165) is 50.3 Å². The van der Waals surface area contributed by atoms with Gasteiger partial charge in [0.2, 0.25) is 0 Å². The predicted octanol–water partition coefficient (Wildman–Crippen LogP) is 4.01. The SMILES string of the molecule is CCn1cc(C(=O)N2CCCC23CN(c2cccc(F)c2)C(C)(C)C3)c(C)n1. The Bertz CT molecular complexity index is 906. The van der Waals surface area contributed by atoms with Gasteiger partial charge in [-0.05, 0) is 65.2 Å². The highest BCUT2D eigenvalue weighted by Gasteiger charge is 2.55. The topological polar surface area (TPSA) is 41.4 Å². The molecule has 1 aromatic heterocycles. The highest BCUT2D eigenvalue weighted by atomic mass is 19.1. The minimum atomic E-state index is -0.226. The van der Waals surface area contributed by atoms with Crippen LogP contribution in [0.3, 0.4) is 0 Å². The van der Waals surface area contributed by atoms with Crippen LogP contribution >= 0.6 is 0 Å². The van der Waals surface area contributed by atoms with Crippen molar-refractivity contribution in [2.24, 2.45) is 0 Å². The van der Waals surface area contributed by atoms with Gasteiger partial charge in [-0.15, -0.1) is 0 Å². The molecule has 3 heterocycles. The van der Waals surface area contributed by atoms with Gasteiger partial charge in [0.15, 0.2) is 0 Å². The van der Waals surface area contributed by atoms with Crippen LogP contribution in [0.15, 0.2) is 30.5 Å². The summed E-state index contributed by atoms with van der Waals surface area (Å²) in [5.41, 5.74) is 2.00. The molecular formula is C22H29FN4O. The number of nitrogens with zero attached hydrogens (tertiary/aromatic N) is 4. The Balaban J connectivity index is 1.67. The largest absolute Gasteiger partial charge is 0.364 e. The lowest BCUT2D eigenvalue weighted by atomic mass is 9.87. The number of benzene rings is 1.